The van der Waals surface area contributed by atoms with Gasteiger partial charge in [-0.05, 0) is 0 Å². The number of carbonyl (C=O) groups is 1. The van der Waals surface area contributed by atoms with Crippen molar-refractivity contribution in [1.82, 2.24) is 5.32 Å². The van der Waals surface area contributed by atoms with Gasteiger partial charge in [-0.15, -0.1) is 0 Å². The van der Waals surface area contributed by atoms with E-state index < -0.39 is 15.5 Å². The van der Waals surface area contributed by atoms with Crippen LogP contribution in [-0.2, 0) is 14.9 Å². The molecule has 5 nitrogen and oxygen atoms in total. The van der Waals surface area contributed by atoms with E-state index in [0.29, 0.717) is 0 Å². The second kappa shape index (κ2) is 1.68. The van der Waals surface area contributed by atoms with Crippen molar-refractivity contribution in [3.63, 3.8) is 0 Å². The number of carbonyl (C=O) groups excluding carboxylic acids is 1. The van der Waals surface area contributed by atoms with Gasteiger partial charge in [0.1, 0.15) is 0 Å². The zero-order valence-corrected chi connectivity index (χ0v) is 5.18. The molecule has 0 radical (unpaired) electrons. The quantitative estimate of drug-likeness (QED) is 0.361. The molecule has 1 rings (SSSR count). The number of β-lactam (4-membered cyclic amide) rings is 1. The standard InChI is InChI=1S/C3H5NO4S/c5-2-1-3(4-2)9(6,7)8/h3H,1H2,(H,4,5)(H,6,7,8)/t3-/m1/s1. The fourth-order valence-electron chi connectivity index (χ4n) is 0.507. The van der Waals surface area contributed by atoms with Crippen molar-refractivity contribution in [2.45, 2.75) is 11.8 Å². The van der Waals surface area contributed by atoms with E-state index in [-0.39, 0.29) is 12.3 Å². The van der Waals surface area contributed by atoms with Gasteiger partial charge in [-0.2, -0.15) is 8.42 Å². The first-order valence-corrected chi connectivity index (χ1v) is 3.76. The molecule has 0 aromatic carbocycles. The molecular weight excluding hydrogens is 146 g/mol. The number of amides is 1. The average molecular weight is 151 g/mol. The topological polar surface area (TPSA) is 83.5 Å². The average Bonchev–Trinajstić information content (AvgIpc) is 1.55. The highest BCUT2D eigenvalue weighted by Crippen LogP contribution is 2.08. The van der Waals surface area contributed by atoms with Gasteiger partial charge in [0.15, 0.2) is 5.37 Å². The summed E-state index contributed by atoms with van der Waals surface area (Å²) in [5.74, 6) is -0.349. The van der Waals surface area contributed by atoms with Crippen LogP contribution in [0.25, 0.3) is 0 Å². The number of hydrogen-bond acceptors (Lipinski definition) is 3. The molecule has 1 aliphatic rings. The minimum atomic E-state index is -4.03. The highest BCUT2D eigenvalue weighted by molar-refractivity contribution is 7.86. The largest absolute Gasteiger partial charge is 0.337 e. The Morgan fingerprint density at radius 3 is 2.22 bits per heavy atom. The van der Waals surface area contributed by atoms with Crippen LogP contribution in [0.15, 0.2) is 0 Å². The molecule has 0 bridgehead atoms. The van der Waals surface area contributed by atoms with Crippen molar-refractivity contribution >= 4 is 16.0 Å². The lowest BCUT2D eigenvalue weighted by atomic mass is 10.3. The van der Waals surface area contributed by atoms with E-state index in [2.05, 4.69) is 0 Å². The Morgan fingerprint density at radius 1 is 1.67 bits per heavy atom. The molecule has 1 saturated heterocycles. The first kappa shape index (κ1) is 6.50. The van der Waals surface area contributed by atoms with Crippen LogP contribution in [0.2, 0.25) is 0 Å². The van der Waals surface area contributed by atoms with Crippen molar-refractivity contribution in [3.8, 4) is 0 Å². The summed E-state index contributed by atoms with van der Waals surface area (Å²) in [4.78, 5) is 10.1. The lowest BCUT2D eigenvalue weighted by Gasteiger charge is -2.22. The Labute approximate surface area is 51.8 Å². The van der Waals surface area contributed by atoms with Crippen molar-refractivity contribution in [1.29, 1.82) is 0 Å². The number of hydrogen-bond donors (Lipinski definition) is 2. The molecule has 1 amide bonds. The predicted octanol–water partition coefficient (Wildman–Crippen LogP) is -1.28. The monoisotopic (exact) mass is 151 g/mol. The smallest absolute Gasteiger partial charge is 0.286 e. The van der Waals surface area contributed by atoms with E-state index >= 15 is 0 Å². The molecule has 9 heavy (non-hydrogen) atoms. The Hall–Kier alpha value is -0.620. The molecule has 1 fully saturated rings. The van der Waals surface area contributed by atoms with Gasteiger partial charge in [0, 0.05) is 0 Å². The number of rotatable bonds is 1. The maximum absolute atomic E-state index is 10.1. The van der Waals surface area contributed by atoms with Crippen molar-refractivity contribution in [2.24, 2.45) is 0 Å². The van der Waals surface area contributed by atoms with Gasteiger partial charge < -0.3 is 5.32 Å². The molecule has 1 heterocycles. The third-order valence-corrected chi connectivity index (χ3v) is 2.06. The van der Waals surface area contributed by atoms with Gasteiger partial charge in [0.05, 0.1) is 6.42 Å². The van der Waals surface area contributed by atoms with Gasteiger partial charge >= 0.3 is 0 Å². The Balaban J connectivity index is 2.61. The van der Waals surface area contributed by atoms with E-state index in [4.69, 9.17) is 4.55 Å². The van der Waals surface area contributed by atoms with Crippen molar-refractivity contribution in [3.05, 3.63) is 0 Å². The van der Waals surface area contributed by atoms with Gasteiger partial charge in [0.25, 0.3) is 10.1 Å². The van der Waals surface area contributed by atoms with E-state index in [0.717, 1.165) is 0 Å². The van der Waals surface area contributed by atoms with Crippen LogP contribution in [-0.4, -0.2) is 24.3 Å². The summed E-state index contributed by atoms with van der Waals surface area (Å²) in [6.07, 6.45) is -0.126. The van der Waals surface area contributed by atoms with Crippen LogP contribution in [0, 0.1) is 0 Å². The van der Waals surface area contributed by atoms with Gasteiger partial charge in [-0.25, -0.2) is 0 Å². The highest BCUT2D eigenvalue weighted by Gasteiger charge is 2.35. The normalized spacial score (nSPS) is 26.8. The van der Waals surface area contributed by atoms with Gasteiger partial charge in [-0.1, -0.05) is 0 Å². The second-order valence-electron chi connectivity index (χ2n) is 1.78. The summed E-state index contributed by atoms with van der Waals surface area (Å²) in [6.45, 7) is 0. The Bertz CT molecular complexity index is 222. The van der Waals surface area contributed by atoms with Crippen LogP contribution < -0.4 is 5.32 Å². The minimum absolute atomic E-state index is 0.126. The van der Waals surface area contributed by atoms with E-state index in [1.807, 2.05) is 5.32 Å². The molecule has 52 valence electrons. The predicted molar refractivity (Wildman–Crippen MR) is 28.1 cm³/mol. The summed E-state index contributed by atoms with van der Waals surface area (Å²) in [5.41, 5.74) is 0. The third kappa shape index (κ3) is 1.19. The zero-order chi connectivity index (χ0) is 7.07. The molecule has 0 aliphatic carbocycles. The summed E-state index contributed by atoms with van der Waals surface area (Å²) >= 11 is 0. The van der Waals surface area contributed by atoms with E-state index in [1.165, 1.54) is 0 Å². The van der Waals surface area contributed by atoms with Crippen molar-refractivity contribution < 1.29 is 17.8 Å². The Kier molecular flexibility index (Phi) is 1.21. The summed E-state index contributed by atoms with van der Waals surface area (Å²) in [5, 5.41) is 0.941. The maximum Gasteiger partial charge on any atom is 0.286 e. The summed E-state index contributed by atoms with van der Waals surface area (Å²) in [7, 11) is -4.03. The lowest BCUT2D eigenvalue weighted by molar-refractivity contribution is -0.126. The molecular formula is C3H5NO4S. The second-order valence-corrected chi connectivity index (χ2v) is 3.37. The van der Waals surface area contributed by atoms with Crippen LogP contribution in [0.1, 0.15) is 6.42 Å². The summed E-state index contributed by atoms with van der Waals surface area (Å²) in [6, 6.07) is 0. The van der Waals surface area contributed by atoms with Crippen LogP contribution in [0.4, 0.5) is 0 Å². The molecule has 1 aliphatic heterocycles. The molecule has 0 unspecified atom stereocenters. The lowest BCUT2D eigenvalue weighted by Crippen LogP contribution is -2.52. The van der Waals surface area contributed by atoms with Crippen molar-refractivity contribution in [2.75, 3.05) is 0 Å². The zero-order valence-electron chi connectivity index (χ0n) is 4.36. The first-order chi connectivity index (χ1) is 4.00. The fraction of sp³-hybridized carbons (Fsp3) is 0.667. The van der Waals surface area contributed by atoms with Gasteiger partial charge in [0.2, 0.25) is 5.91 Å². The molecule has 6 heteroatoms. The Morgan fingerprint density at radius 2 is 2.11 bits per heavy atom. The fourth-order valence-corrected chi connectivity index (χ4v) is 1.15. The SMILES string of the molecule is O=C1C[C@@H](S(=O)(=O)O)N1. The number of nitrogens with one attached hydrogen (secondary N) is 1. The van der Waals surface area contributed by atoms with E-state index in [1.54, 1.807) is 0 Å². The molecule has 0 aromatic heterocycles. The van der Waals surface area contributed by atoms with Gasteiger partial charge in [-0.3, -0.25) is 9.35 Å². The first-order valence-electron chi connectivity index (χ1n) is 2.26. The highest BCUT2D eigenvalue weighted by atomic mass is 32.2. The molecule has 2 N–H and O–H groups in total. The third-order valence-electron chi connectivity index (χ3n) is 1.05. The molecule has 0 saturated carbocycles. The van der Waals surface area contributed by atoms with E-state index in [9.17, 15) is 13.2 Å². The molecule has 1 atom stereocenters. The summed E-state index contributed by atoms with van der Waals surface area (Å²) < 4.78 is 28.4. The maximum atomic E-state index is 10.1. The van der Waals surface area contributed by atoms with Crippen LogP contribution in [0.3, 0.4) is 0 Å². The van der Waals surface area contributed by atoms with Crippen LogP contribution >= 0.6 is 0 Å². The van der Waals surface area contributed by atoms with Crippen LogP contribution in [0.5, 0.6) is 0 Å². The minimum Gasteiger partial charge on any atom is -0.337 e. The molecule has 0 spiro atoms. The molecule has 0 aromatic rings.